The van der Waals surface area contributed by atoms with Gasteiger partial charge in [0.15, 0.2) is 0 Å². The lowest BCUT2D eigenvalue weighted by Gasteiger charge is -2.22. The van der Waals surface area contributed by atoms with E-state index in [9.17, 15) is 9.59 Å². The van der Waals surface area contributed by atoms with E-state index >= 15 is 0 Å². The second-order valence-corrected chi connectivity index (χ2v) is 8.66. The third-order valence-electron chi connectivity index (χ3n) is 6.30. The number of pyridine rings is 1. The smallest absolute Gasteiger partial charge is 0.223 e. The fourth-order valence-corrected chi connectivity index (χ4v) is 4.39. The van der Waals surface area contributed by atoms with Crippen LogP contribution in [0, 0.1) is 5.92 Å². The molecule has 0 saturated carbocycles. The number of benzene rings is 1. The number of hydrogen-bond acceptors (Lipinski definition) is 5. The van der Waals surface area contributed by atoms with Crippen molar-refractivity contribution < 1.29 is 9.59 Å². The fourth-order valence-electron chi connectivity index (χ4n) is 4.39. The second-order valence-electron chi connectivity index (χ2n) is 8.66. The lowest BCUT2D eigenvalue weighted by Crippen LogP contribution is -2.34. The molecule has 1 aliphatic rings. The Hall–Kier alpha value is -3.26. The number of fused-ring (bicyclic) bond motifs is 1. The molecule has 4 rings (SSSR count). The van der Waals surface area contributed by atoms with Crippen molar-refractivity contribution in [3.05, 3.63) is 60.2 Å². The molecule has 2 amide bonds. The van der Waals surface area contributed by atoms with Gasteiger partial charge in [0.2, 0.25) is 11.8 Å². The maximum absolute atomic E-state index is 13.0. The van der Waals surface area contributed by atoms with Crippen LogP contribution in [0.1, 0.15) is 37.1 Å². The molecule has 0 radical (unpaired) electrons. The number of para-hydroxylation sites is 2. The summed E-state index contributed by atoms with van der Waals surface area (Å²) in [6.07, 6.45) is 6.42. The first-order valence-electron chi connectivity index (χ1n) is 11.7. The van der Waals surface area contributed by atoms with Gasteiger partial charge in [0.1, 0.15) is 5.82 Å². The van der Waals surface area contributed by atoms with Crippen LogP contribution in [0.5, 0.6) is 0 Å². The third kappa shape index (κ3) is 6.16. The predicted octanol–water partition coefficient (Wildman–Crippen LogP) is 2.39. The second kappa shape index (κ2) is 11.0. The first-order chi connectivity index (χ1) is 16.1. The molecule has 1 aromatic carbocycles. The highest BCUT2D eigenvalue weighted by Crippen LogP contribution is 2.17. The minimum atomic E-state index is -0.140. The minimum absolute atomic E-state index is 0.0226. The Morgan fingerprint density at radius 2 is 2.06 bits per heavy atom. The van der Waals surface area contributed by atoms with Gasteiger partial charge in [-0.3, -0.25) is 19.5 Å². The van der Waals surface area contributed by atoms with E-state index in [4.69, 9.17) is 0 Å². The van der Waals surface area contributed by atoms with Gasteiger partial charge in [-0.25, -0.2) is 4.98 Å². The molecule has 0 spiro atoms. The molecule has 2 N–H and O–H groups in total. The van der Waals surface area contributed by atoms with Crippen LogP contribution in [0.15, 0.2) is 48.8 Å². The van der Waals surface area contributed by atoms with E-state index < -0.39 is 0 Å². The van der Waals surface area contributed by atoms with Crippen molar-refractivity contribution in [1.29, 1.82) is 0 Å². The molecule has 3 heterocycles. The quantitative estimate of drug-likeness (QED) is 0.625. The lowest BCUT2D eigenvalue weighted by atomic mass is 9.98. The maximum Gasteiger partial charge on any atom is 0.223 e. The topological polar surface area (TPSA) is 92.2 Å². The molecule has 33 heavy (non-hydrogen) atoms. The van der Waals surface area contributed by atoms with Crippen LogP contribution in [0.4, 0.5) is 0 Å². The molecule has 1 unspecified atom stereocenters. The number of nitrogens with zero attached hydrogens (tertiary/aromatic N) is 4. The fraction of sp³-hybridized carbons (Fsp3) is 0.440. The van der Waals surface area contributed by atoms with Gasteiger partial charge in [-0.05, 0) is 49.6 Å². The normalized spacial score (nSPS) is 18.5. The number of aryl methyl sites for hydroxylation is 1. The molecule has 2 aromatic heterocycles. The molecule has 8 heteroatoms. The van der Waals surface area contributed by atoms with Crippen molar-refractivity contribution in [3.63, 3.8) is 0 Å². The largest absolute Gasteiger partial charge is 0.356 e. The van der Waals surface area contributed by atoms with Crippen molar-refractivity contribution in [3.8, 4) is 0 Å². The third-order valence-corrected chi connectivity index (χ3v) is 6.30. The summed E-state index contributed by atoms with van der Waals surface area (Å²) in [5.41, 5.74) is 3.10. The average molecular weight is 449 g/mol. The van der Waals surface area contributed by atoms with Gasteiger partial charge in [-0.15, -0.1) is 0 Å². The van der Waals surface area contributed by atoms with E-state index in [1.807, 2.05) is 48.1 Å². The monoisotopic (exact) mass is 448 g/mol. The molecule has 3 aromatic rings. The summed E-state index contributed by atoms with van der Waals surface area (Å²) in [4.78, 5) is 36.4. The van der Waals surface area contributed by atoms with Crippen LogP contribution in [-0.2, 0) is 29.7 Å². The summed E-state index contributed by atoms with van der Waals surface area (Å²) >= 11 is 0. The first kappa shape index (κ1) is 22.9. The van der Waals surface area contributed by atoms with E-state index in [0.29, 0.717) is 32.5 Å². The van der Waals surface area contributed by atoms with Gasteiger partial charge >= 0.3 is 0 Å². The Morgan fingerprint density at radius 3 is 2.88 bits per heavy atom. The molecular formula is C25H32N6O2. The molecule has 174 valence electrons. The van der Waals surface area contributed by atoms with Crippen LogP contribution in [-0.4, -0.2) is 50.9 Å². The van der Waals surface area contributed by atoms with Crippen molar-refractivity contribution in [2.45, 2.75) is 38.8 Å². The molecule has 0 bridgehead atoms. The zero-order valence-electron chi connectivity index (χ0n) is 19.2. The number of rotatable bonds is 5. The molecule has 1 fully saturated rings. The summed E-state index contributed by atoms with van der Waals surface area (Å²) in [7, 11) is 1.97. The van der Waals surface area contributed by atoms with E-state index in [1.54, 1.807) is 6.20 Å². The van der Waals surface area contributed by atoms with Crippen molar-refractivity contribution in [2.75, 3.05) is 19.6 Å². The zero-order chi connectivity index (χ0) is 23.0. The lowest BCUT2D eigenvalue weighted by molar-refractivity contribution is -0.126. The van der Waals surface area contributed by atoms with Gasteiger partial charge in [0, 0.05) is 51.4 Å². The predicted molar refractivity (Wildman–Crippen MR) is 127 cm³/mol. The molecule has 8 nitrogen and oxygen atoms in total. The van der Waals surface area contributed by atoms with Crippen molar-refractivity contribution >= 4 is 22.8 Å². The van der Waals surface area contributed by atoms with Gasteiger partial charge in [0.05, 0.1) is 17.6 Å². The number of aromatic nitrogens is 3. The molecule has 1 aliphatic heterocycles. The summed E-state index contributed by atoms with van der Waals surface area (Å²) in [6, 6.07) is 11.9. The van der Waals surface area contributed by atoms with Gasteiger partial charge in [-0.1, -0.05) is 18.2 Å². The van der Waals surface area contributed by atoms with E-state index in [1.165, 1.54) is 0 Å². The number of carbonyl (C=O) groups excluding carboxylic acids is 2. The van der Waals surface area contributed by atoms with Crippen LogP contribution in [0.3, 0.4) is 0 Å². The Morgan fingerprint density at radius 1 is 1.18 bits per heavy atom. The van der Waals surface area contributed by atoms with Crippen LogP contribution in [0.2, 0.25) is 0 Å². The summed E-state index contributed by atoms with van der Waals surface area (Å²) in [5, 5.41) is 6.05. The number of imidazole rings is 1. The minimum Gasteiger partial charge on any atom is -0.356 e. The Labute approximate surface area is 194 Å². The van der Waals surface area contributed by atoms with E-state index in [-0.39, 0.29) is 17.7 Å². The number of carbonyl (C=O) groups is 2. The Bertz CT molecular complexity index is 1080. The van der Waals surface area contributed by atoms with Crippen molar-refractivity contribution in [2.24, 2.45) is 13.0 Å². The van der Waals surface area contributed by atoms with E-state index in [0.717, 1.165) is 48.4 Å². The van der Waals surface area contributed by atoms with Crippen LogP contribution in [0.25, 0.3) is 11.0 Å². The van der Waals surface area contributed by atoms with Crippen LogP contribution < -0.4 is 10.6 Å². The van der Waals surface area contributed by atoms with Crippen molar-refractivity contribution in [1.82, 2.24) is 30.1 Å². The maximum atomic E-state index is 13.0. The summed E-state index contributed by atoms with van der Waals surface area (Å²) in [5.74, 6) is 0.747. The Kier molecular flexibility index (Phi) is 7.67. The van der Waals surface area contributed by atoms with Gasteiger partial charge < -0.3 is 15.2 Å². The van der Waals surface area contributed by atoms with Gasteiger partial charge in [0.25, 0.3) is 0 Å². The van der Waals surface area contributed by atoms with E-state index in [2.05, 4.69) is 31.6 Å². The molecule has 1 atom stereocenters. The summed E-state index contributed by atoms with van der Waals surface area (Å²) in [6.45, 7) is 3.21. The number of amides is 2. The highest BCUT2D eigenvalue weighted by Gasteiger charge is 2.21. The first-order valence-corrected chi connectivity index (χ1v) is 11.7. The zero-order valence-corrected chi connectivity index (χ0v) is 19.2. The molecular weight excluding hydrogens is 416 g/mol. The number of nitrogens with one attached hydrogen (secondary N) is 2. The van der Waals surface area contributed by atoms with Crippen LogP contribution >= 0.6 is 0 Å². The standard InChI is InChI=1S/C25H32N6O2/c1-30-22-9-3-2-8-21(22)29-23(30)17-28-25(33)20-7-5-14-31(15-11-24(32)27-13-10-20)18-19-6-4-12-26-16-19/h2-4,6,8-9,12,16,20H,5,7,10-11,13-15,17-18H2,1H3,(H,27,32)(H,28,33). The Balaban J connectivity index is 1.36. The number of hydrogen-bond donors (Lipinski definition) is 2. The molecule has 1 saturated heterocycles. The highest BCUT2D eigenvalue weighted by atomic mass is 16.2. The summed E-state index contributed by atoms with van der Waals surface area (Å²) < 4.78 is 2.02. The molecule has 0 aliphatic carbocycles. The average Bonchev–Trinajstić information content (AvgIpc) is 3.14. The highest BCUT2D eigenvalue weighted by molar-refractivity contribution is 5.79. The SMILES string of the molecule is Cn1c(CNC(=O)C2CCCN(Cc3cccnc3)CCC(=O)NCC2)nc2ccccc21. The van der Waals surface area contributed by atoms with Gasteiger partial charge in [-0.2, -0.15) is 0 Å².